The van der Waals surface area contributed by atoms with E-state index in [0.29, 0.717) is 5.13 Å². The summed E-state index contributed by atoms with van der Waals surface area (Å²) in [5.74, 6) is -0.0662. The fourth-order valence-electron chi connectivity index (χ4n) is 1.04. The fourth-order valence-corrected chi connectivity index (χ4v) is 1.70. The maximum absolute atomic E-state index is 11.6. The summed E-state index contributed by atoms with van der Waals surface area (Å²) < 4.78 is 0. The molecule has 2 heterocycles. The van der Waals surface area contributed by atoms with Crippen molar-refractivity contribution in [3.8, 4) is 0 Å². The molecule has 0 atom stereocenters. The molecule has 2 rings (SSSR count). The molecule has 0 saturated carbocycles. The lowest BCUT2D eigenvalue weighted by Gasteiger charge is -1.99. The first-order valence-corrected chi connectivity index (χ1v) is 5.30. The third kappa shape index (κ3) is 2.31. The SMILES string of the molecule is Cc1cnc(NC(=O)c2ccc(N)nn2)s1. The second kappa shape index (κ2) is 4.23. The first-order chi connectivity index (χ1) is 7.65. The van der Waals surface area contributed by atoms with Crippen molar-refractivity contribution in [3.05, 3.63) is 28.9 Å². The molecule has 0 aromatic carbocycles. The van der Waals surface area contributed by atoms with Gasteiger partial charge in [-0.15, -0.1) is 21.5 Å². The molecule has 1 amide bonds. The number of carbonyl (C=O) groups excluding carboxylic acids is 1. The molecule has 3 N–H and O–H groups in total. The van der Waals surface area contributed by atoms with Crippen molar-refractivity contribution < 1.29 is 4.79 Å². The van der Waals surface area contributed by atoms with Crippen LogP contribution < -0.4 is 11.1 Å². The molecule has 0 aliphatic rings. The van der Waals surface area contributed by atoms with Gasteiger partial charge in [0.15, 0.2) is 10.8 Å². The molecular formula is C9H9N5OS. The van der Waals surface area contributed by atoms with Crippen molar-refractivity contribution in [2.75, 3.05) is 11.1 Å². The Bertz CT molecular complexity index is 507. The van der Waals surface area contributed by atoms with Gasteiger partial charge in [0.05, 0.1) is 0 Å². The zero-order chi connectivity index (χ0) is 11.5. The van der Waals surface area contributed by atoms with E-state index in [9.17, 15) is 4.79 Å². The molecule has 2 aromatic heterocycles. The average Bonchev–Trinajstić information content (AvgIpc) is 2.65. The molecule has 0 fully saturated rings. The molecule has 0 unspecified atom stereocenters. The summed E-state index contributed by atoms with van der Waals surface area (Å²) in [4.78, 5) is 16.7. The molecule has 7 heteroatoms. The second-order valence-electron chi connectivity index (χ2n) is 3.07. The predicted octanol–water partition coefficient (Wildman–Crippen LogP) is 1.08. The molecule has 6 nitrogen and oxygen atoms in total. The predicted molar refractivity (Wildman–Crippen MR) is 61.2 cm³/mol. The lowest BCUT2D eigenvalue weighted by Crippen LogP contribution is -2.14. The Balaban J connectivity index is 2.11. The number of aromatic nitrogens is 3. The third-order valence-corrected chi connectivity index (χ3v) is 2.59. The highest BCUT2D eigenvalue weighted by Gasteiger charge is 2.09. The quantitative estimate of drug-likeness (QED) is 0.812. The van der Waals surface area contributed by atoms with Crippen molar-refractivity contribution >= 4 is 28.2 Å². The van der Waals surface area contributed by atoms with Crippen LogP contribution in [0, 0.1) is 6.92 Å². The minimum absolute atomic E-state index is 0.210. The zero-order valence-electron chi connectivity index (χ0n) is 8.47. The number of aryl methyl sites for hydroxylation is 1. The maximum atomic E-state index is 11.6. The Hall–Kier alpha value is -2.02. The molecule has 0 aliphatic carbocycles. The van der Waals surface area contributed by atoms with Gasteiger partial charge in [0.25, 0.3) is 5.91 Å². The van der Waals surface area contributed by atoms with Gasteiger partial charge in [0.1, 0.15) is 5.82 Å². The standard InChI is InChI=1S/C9H9N5OS/c1-5-4-11-9(16-5)12-8(15)6-2-3-7(10)14-13-6/h2-4H,1H3,(H2,10,14)(H,11,12,15). The van der Waals surface area contributed by atoms with Gasteiger partial charge in [0.2, 0.25) is 0 Å². The second-order valence-corrected chi connectivity index (χ2v) is 4.31. The molecular weight excluding hydrogens is 226 g/mol. The van der Waals surface area contributed by atoms with Gasteiger partial charge in [-0.1, -0.05) is 0 Å². The number of nitrogens with one attached hydrogen (secondary N) is 1. The number of hydrogen-bond acceptors (Lipinski definition) is 6. The third-order valence-electron chi connectivity index (χ3n) is 1.76. The van der Waals surface area contributed by atoms with E-state index in [2.05, 4.69) is 20.5 Å². The first kappa shape index (κ1) is 10.5. The number of nitrogens with two attached hydrogens (primary N) is 1. The number of thiazole rings is 1. The summed E-state index contributed by atoms with van der Waals surface area (Å²) in [5.41, 5.74) is 5.58. The summed E-state index contributed by atoms with van der Waals surface area (Å²) in [6, 6.07) is 3.03. The van der Waals surface area contributed by atoms with Crippen LogP contribution in [0.2, 0.25) is 0 Å². The summed E-state index contributed by atoms with van der Waals surface area (Å²) in [7, 11) is 0. The van der Waals surface area contributed by atoms with Crippen LogP contribution in [-0.4, -0.2) is 21.1 Å². The van der Waals surface area contributed by atoms with E-state index in [0.717, 1.165) is 4.88 Å². The van der Waals surface area contributed by atoms with Crippen LogP contribution >= 0.6 is 11.3 Å². The number of amides is 1. The Kier molecular flexibility index (Phi) is 2.78. The van der Waals surface area contributed by atoms with Gasteiger partial charge >= 0.3 is 0 Å². The fraction of sp³-hybridized carbons (Fsp3) is 0.111. The minimum Gasteiger partial charge on any atom is -0.382 e. The lowest BCUT2D eigenvalue weighted by atomic mass is 10.3. The zero-order valence-corrected chi connectivity index (χ0v) is 9.28. The van der Waals surface area contributed by atoms with Gasteiger partial charge in [-0.25, -0.2) is 4.98 Å². The van der Waals surface area contributed by atoms with E-state index < -0.39 is 0 Å². The normalized spacial score (nSPS) is 10.1. The Morgan fingerprint density at radius 1 is 1.44 bits per heavy atom. The smallest absolute Gasteiger partial charge is 0.277 e. The van der Waals surface area contributed by atoms with Gasteiger partial charge in [0, 0.05) is 11.1 Å². The topological polar surface area (TPSA) is 93.8 Å². The van der Waals surface area contributed by atoms with E-state index >= 15 is 0 Å². The number of carbonyl (C=O) groups is 1. The Morgan fingerprint density at radius 3 is 2.81 bits per heavy atom. The first-order valence-electron chi connectivity index (χ1n) is 4.48. The molecule has 2 aromatic rings. The molecule has 0 spiro atoms. The van der Waals surface area contributed by atoms with Crippen LogP contribution in [0.3, 0.4) is 0 Å². The van der Waals surface area contributed by atoms with Gasteiger partial charge in [-0.05, 0) is 19.1 Å². The lowest BCUT2D eigenvalue weighted by molar-refractivity contribution is 0.102. The molecule has 0 aliphatic heterocycles. The largest absolute Gasteiger partial charge is 0.382 e. The van der Waals surface area contributed by atoms with Crippen LogP contribution in [0.4, 0.5) is 10.9 Å². The van der Waals surface area contributed by atoms with Crippen molar-refractivity contribution in [2.45, 2.75) is 6.92 Å². The van der Waals surface area contributed by atoms with E-state index in [4.69, 9.17) is 5.73 Å². The number of nitrogens with zero attached hydrogens (tertiary/aromatic N) is 3. The number of hydrogen-bond donors (Lipinski definition) is 2. The van der Waals surface area contributed by atoms with E-state index in [1.807, 2.05) is 6.92 Å². The van der Waals surface area contributed by atoms with Crippen molar-refractivity contribution in [1.29, 1.82) is 0 Å². The van der Waals surface area contributed by atoms with Crippen LogP contribution in [0.25, 0.3) is 0 Å². The summed E-state index contributed by atoms with van der Waals surface area (Å²) in [5, 5.41) is 10.4. The molecule has 0 radical (unpaired) electrons. The van der Waals surface area contributed by atoms with Gasteiger partial charge in [-0.2, -0.15) is 0 Å². The van der Waals surface area contributed by atoms with Crippen molar-refractivity contribution in [1.82, 2.24) is 15.2 Å². The van der Waals surface area contributed by atoms with Crippen LogP contribution in [0.15, 0.2) is 18.3 Å². The highest BCUT2D eigenvalue weighted by molar-refractivity contribution is 7.15. The average molecular weight is 235 g/mol. The summed E-state index contributed by atoms with van der Waals surface area (Å²) in [6.45, 7) is 1.91. The molecule has 0 saturated heterocycles. The number of anilines is 2. The maximum Gasteiger partial charge on any atom is 0.277 e. The highest BCUT2D eigenvalue weighted by atomic mass is 32.1. The van der Waals surface area contributed by atoms with E-state index in [-0.39, 0.29) is 17.4 Å². The minimum atomic E-state index is -0.346. The van der Waals surface area contributed by atoms with E-state index in [1.54, 1.807) is 6.20 Å². The van der Waals surface area contributed by atoms with Crippen LogP contribution in [0.1, 0.15) is 15.4 Å². The molecule has 0 bridgehead atoms. The molecule has 16 heavy (non-hydrogen) atoms. The van der Waals surface area contributed by atoms with Gasteiger partial charge in [-0.3, -0.25) is 10.1 Å². The Morgan fingerprint density at radius 2 is 2.25 bits per heavy atom. The van der Waals surface area contributed by atoms with Crippen molar-refractivity contribution in [2.24, 2.45) is 0 Å². The van der Waals surface area contributed by atoms with E-state index in [1.165, 1.54) is 23.5 Å². The Labute approximate surface area is 95.5 Å². The van der Waals surface area contributed by atoms with Gasteiger partial charge < -0.3 is 5.73 Å². The van der Waals surface area contributed by atoms with Crippen LogP contribution in [-0.2, 0) is 0 Å². The van der Waals surface area contributed by atoms with Crippen molar-refractivity contribution in [3.63, 3.8) is 0 Å². The molecule has 82 valence electrons. The highest BCUT2D eigenvalue weighted by Crippen LogP contribution is 2.16. The monoisotopic (exact) mass is 235 g/mol. The number of nitrogen functional groups attached to an aromatic ring is 1. The number of rotatable bonds is 2. The summed E-state index contributed by atoms with van der Waals surface area (Å²) in [6.07, 6.45) is 1.69. The summed E-state index contributed by atoms with van der Waals surface area (Å²) >= 11 is 1.40. The van der Waals surface area contributed by atoms with Crippen LogP contribution in [0.5, 0.6) is 0 Å².